The highest BCUT2D eigenvalue weighted by Gasteiger charge is 2.21. The minimum absolute atomic E-state index is 0.0391. The lowest BCUT2D eigenvalue weighted by atomic mass is 10.1. The zero-order valence-corrected chi connectivity index (χ0v) is 41.4. The molecule has 0 aromatic heterocycles. The Morgan fingerprint density at radius 2 is 0.871 bits per heavy atom. The van der Waals surface area contributed by atoms with E-state index in [4.69, 9.17) is 18.5 Å². The summed E-state index contributed by atoms with van der Waals surface area (Å²) in [5, 5.41) is 0. The number of phosphoric ester groups is 1. The Hall–Kier alpha value is -2.29. The summed E-state index contributed by atoms with van der Waals surface area (Å²) in [6.07, 6.45) is 53.9. The van der Waals surface area contributed by atoms with Crippen molar-refractivity contribution >= 4 is 19.8 Å². The van der Waals surface area contributed by atoms with E-state index in [1.165, 1.54) is 103 Å². The summed E-state index contributed by atoms with van der Waals surface area (Å²) in [4.78, 5) is 37.7. The molecule has 9 nitrogen and oxygen atoms in total. The van der Waals surface area contributed by atoms with Gasteiger partial charge in [0.2, 0.25) is 0 Å². The number of phosphoric acid groups is 1. The number of unbranched alkanes of at least 4 members (excludes halogenated alkanes) is 21. The van der Waals surface area contributed by atoms with E-state index in [-0.39, 0.29) is 26.1 Å². The van der Waals surface area contributed by atoms with Crippen molar-refractivity contribution in [1.29, 1.82) is 0 Å². The van der Waals surface area contributed by atoms with Gasteiger partial charge in [0.05, 0.1) is 27.7 Å². The van der Waals surface area contributed by atoms with Crippen LogP contribution in [-0.4, -0.2) is 70.0 Å². The monoisotopic (exact) mass is 892 g/mol. The number of esters is 2. The van der Waals surface area contributed by atoms with Gasteiger partial charge in [0.15, 0.2) is 6.10 Å². The van der Waals surface area contributed by atoms with Crippen LogP contribution in [0.4, 0.5) is 0 Å². The fraction of sp³-hybridized carbons (Fsp3) is 0.769. The average molecular weight is 892 g/mol. The molecule has 0 aromatic carbocycles. The first-order valence-electron chi connectivity index (χ1n) is 25.0. The van der Waals surface area contributed by atoms with Gasteiger partial charge in [-0.15, -0.1) is 0 Å². The van der Waals surface area contributed by atoms with Crippen molar-refractivity contribution in [3.63, 3.8) is 0 Å². The highest BCUT2D eigenvalue weighted by molar-refractivity contribution is 7.45. The molecule has 1 unspecified atom stereocenters. The highest BCUT2D eigenvalue weighted by atomic mass is 31.2. The van der Waals surface area contributed by atoms with E-state index in [0.29, 0.717) is 23.9 Å². The quantitative estimate of drug-likeness (QED) is 0.0195. The maximum absolute atomic E-state index is 12.7. The number of rotatable bonds is 45. The molecule has 0 fully saturated rings. The molecule has 0 N–H and O–H groups in total. The summed E-state index contributed by atoms with van der Waals surface area (Å²) in [5.74, 6) is -0.875. The maximum Gasteiger partial charge on any atom is 0.306 e. The van der Waals surface area contributed by atoms with Crippen LogP contribution in [0.5, 0.6) is 0 Å². The Labute approximate surface area is 381 Å². The molecule has 0 heterocycles. The molecule has 0 aliphatic carbocycles. The maximum atomic E-state index is 12.7. The standard InChI is InChI=1S/C52H94NO8P/c1-6-8-10-12-14-16-18-20-22-24-26-28-30-32-34-36-38-40-42-44-51(54)58-48-50(49-60-62(56,57)59-47-46-53(3,4)5)61-52(55)45-43-41-39-37-35-33-31-29-27-25-23-21-19-17-15-13-11-9-7-2/h14,16,20,22,25-28,32,34,50H,6-13,15,17-19,21,23-24,29-31,33,35-49H2,1-5H3/b16-14-,22-20-,27-25-,28-26-,34-32-/t50-/m1/s1. The molecule has 62 heavy (non-hydrogen) atoms. The molecule has 2 atom stereocenters. The third kappa shape index (κ3) is 47.2. The van der Waals surface area contributed by atoms with Crippen molar-refractivity contribution in [3.05, 3.63) is 60.8 Å². The molecule has 10 heteroatoms. The van der Waals surface area contributed by atoms with Crippen molar-refractivity contribution in [2.75, 3.05) is 47.5 Å². The second-order valence-electron chi connectivity index (χ2n) is 17.8. The Balaban J connectivity index is 4.35. The number of carbonyl (C=O) groups excluding carboxylic acids is 2. The van der Waals surface area contributed by atoms with Gasteiger partial charge in [0.1, 0.15) is 19.8 Å². The van der Waals surface area contributed by atoms with Crippen molar-refractivity contribution in [1.82, 2.24) is 0 Å². The smallest absolute Gasteiger partial charge is 0.306 e. The normalized spacial score (nSPS) is 14.0. The topological polar surface area (TPSA) is 111 Å². The zero-order valence-electron chi connectivity index (χ0n) is 40.6. The first-order valence-corrected chi connectivity index (χ1v) is 26.5. The van der Waals surface area contributed by atoms with Gasteiger partial charge in [-0.3, -0.25) is 14.2 Å². The molecule has 0 rings (SSSR count). The lowest BCUT2D eigenvalue weighted by molar-refractivity contribution is -0.870. The number of hydrogen-bond donors (Lipinski definition) is 0. The summed E-state index contributed by atoms with van der Waals surface area (Å²) in [5.41, 5.74) is 0. The predicted molar refractivity (Wildman–Crippen MR) is 259 cm³/mol. The number of ether oxygens (including phenoxy) is 2. The molecule has 0 aliphatic rings. The van der Waals surface area contributed by atoms with Crippen LogP contribution in [0, 0.1) is 0 Å². The van der Waals surface area contributed by atoms with Gasteiger partial charge in [0, 0.05) is 12.8 Å². The van der Waals surface area contributed by atoms with E-state index in [1.807, 2.05) is 21.1 Å². The lowest BCUT2D eigenvalue weighted by Crippen LogP contribution is -2.37. The molecule has 0 radical (unpaired) electrons. The summed E-state index contributed by atoms with van der Waals surface area (Å²) < 4.78 is 34.0. The van der Waals surface area contributed by atoms with Gasteiger partial charge in [0.25, 0.3) is 7.82 Å². The predicted octanol–water partition coefficient (Wildman–Crippen LogP) is 14.2. The molecule has 0 amide bonds. The van der Waals surface area contributed by atoms with Crippen LogP contribution in [0.2, 0.25) is 0 Å². The van der Waals surface area contributed by atoms with Crippen LogP contribution < -0.4 is 4.89 Å². The van der Waals surface area contributed by atoms with E-state index >= 15 is 0 Å². The molecule has 0 saturated heterocycles. The molecule has 0 saturated carbocycles. The number of quaternary nitrogens is 1. The molecular formula is C52H94NO8P. The largest absolute Gasteiger partial charge is 0.756 e. The van der Waals surface area contributed by atoms with Gasteiger partial charge in [-0.2, -0.15) is 0 Å². The summed E-state index contributed by atoms with van der Waals surface area (Å²) in [7, 11) is 1.14. The fourth-order valence-electron chi connectivity index (χ4n) is 6.57. The summed E-state index contributed by atoms with van der Waals surface area (Å²) in [6.45, 7) is 4.17. The molecule has 0 aromatic rings. The summed E-state index contributed by atoms with van der Waals surface area (Å²) in [6, 6.07) is 0. The van der Waals surface area contributed by atoms with Crippen molar-refractivity contribution in [3.8, 4) is 0 Å². The average Bonchev–Trinajstić information content (AvgIpc) is 3.23. The Kier molecular flexibility index (Phi) is 42.3. The van der Waals surface area contributed by atoms with Crippen LogP contribution in [0.3, 0.4) is 0 Å². The fourth-order valence-corrected chi connectivity index (χ4v) is 7.30. The van der Waals surface area contributed by atoms with Gasteiger partial charge >= 0.3 is 11.9 Å². The van der Waals surface area contributed by atoms with E-state index in [1.54, 1.807) is 0 Å². The molecular weight excluding hydrogens is 798 g/mol. The molecule has 0 aliphatic heterocycles. The second-order valence-corrected chi connectivity index (χ2v) is 19.2. The Morgan fingerprint density at radius 1 is 0.500 bits per heavy atom. The van der Waals surface area contributed by atoms with Gasteiger partial charge in [-0.1, -0.05) is 171 Å². The first-order chi connectivity index (χ1) is 30.0. The number of likely N-dealkylation sites (N-methyl/N-ethyl adjacent to an activating group) is 1. The number of nitrogens with zero attached hydrogens (tertiary/aromatic N) is 1. The Bertz CT molecular complexity index is 1240. The minimum atomic E-state index is -4.64. The van der Waals surface area contributed by atoms with Gasteiger partial charge in [-0.05, 0) is 83.5 Å². The van der Waals surface area contributed by atoms with Gasteiger partial charge in [-0.25, -0.2) is 0 Å². The number of hydrogen-bond acceptors (Lipinski definition) is 8. The second kappa shape index (κ2) is 43.9. The highest BCUT2D eigenvalue weighted by Crippen LogP contribution is 2.38. The summed E-state index contributed by atoms with van der Waals surface area (Å²) >= 11 is 0. The molecule has 0 spiro atoms. The van der Waals surface area contributed by atoms with Crippen LogP contribution >= 0.6 is 7.82 Å². The number of allylic oxidation sites excluding steroid dienone is 10. The lowest BCUT2D eigenvalue weighted by Gasteiger charge is -2.28. The van der Waals surface area contributed by atoms with Crippen LogP contribution in [0.15, 0.2) is 60.8 Å². The third-order valence-corrected chi connectivity index (χ3v) is 11.5. The first kappa shape index (κ1) is 59.7. The third-order valence-electron chi connectivity index (χ3n) is 10.5. The van der Waals surface area contributed by atoms with Crippen molar-refractivity contribution in [2.45, 2.75) is 213 Å². The van der Waals surface area contributed by atoms with E-state index < -0.39 is 32.5 Å². The van der Waals surface area contributed by atoms with Crippen LogP contribution in [0.25, 0.3) is 0 Å². The van der Waals surface area contributed by atoms with Gasteiger partial charge < -0.3 is 27.9 Å². The van der Waals surface area contributed by atoms with E-state index in [0.717, 1.165) is 64.2 Å². The van der Waals surface area contributed by atoms with Crippen LogP contribution in [0.1, 0.15) is 206 Å². The molecule has 0 bridgehead atoms. The van der Waals surface area contributed by atoms with Crippen LogP contribution in [-0.2, 0) is 32.7 Å². The van der Waals surface area contributed by atoms with Crippen molar-refractivity contribution in [2.24, 2.45) is 0 Å². The number of carbonyl (C=O) groups is 2. The SMILES string of the molecule is CCCCC/C=C\C/C=C\C/C=C\C/C=C\CCCCCC(=O)OC[C@H](COP(=O)([O-])OCC[N+](C)(C)C)OC(=O)CCCCCCCCC/C=C\CCCCCCCCCC. The minimum Gasteiger partial charge on any atom is -0.756 e. The molecule has 360 valence electrons. The van der Waals surface area contributed by atoms with E-state index in [9.17, 15) is 19.0 Å². The van der Waals surface area contributed by atoms with Crippen molar-refractivity contribution < 1.29 is 42.1 Å². The van der Waals surface area contributed by atoms with E-state index in [2.05, 4.69) is 74.6 Å². The Morgan fingerprint density at radius 3 is 1.35 bits per heavy atom. The zero-order chi connectivity index (χ0) is 45.7.